The number of ether oxygens (including phenoxy) is 1. The Morgan fingerprint density at radius 3 is 2.81 bits per heavy atom. The van der Waals surface area contributed by atoms with Gasteiger partial charge in [-0.05, 0) is 37.3 Å². The summed E-state index contributed by atoms with van der Waals surface area (Å²) in [6.45, 7) is 5.88. The number of para-hydroxylation sites is 1. The number of carbonyl (C=O) groups excluding carboxylic acids is 2. The van der Waals surface area contributed by atoms with Gasteiger partial charge in [-0.25, -0.2) is 9.78 Å². The lowest BCUT2D eigenvalue weighted by atomic mass is 10.2. The summed E-state index contributed by atoms with van der Waals surface area (Å²) in [7, 11) is 0. The molecule has 1 N–H and O–H groups in total. The van der Waals surface area contributed by atoms with Crippen molar-refractivity contribution in [3.8, 4) is 0 Å². The zero-order valence-corrected chi connectivity index (χ0v) is 18.3. The van der Waals surface area contributed by atoms with Crippen molar-refractivity contribution in [2.75, 3.05) is 17.7 Å². The molecule has 0 fully saturated rings. The molecule has 0 radical (unpaired) electrons. The summed E-state index contributed by atoms with van der Waals surface area (Å²) in [5.74, 6) is -0.890. The van der Waals surface area contributed by atoms with E-state index in [1.54, 1.807) is 55.5 Å². The van der Waals surface area contributed by atoms with Crippen molar-refractivity contribution in [2.45, 2.75) is 18.6 Å². The van der Waals surface area contributed by atoms with Crippen molar-refractivity contribution < 1.29 is 14.3 Å². The zero-order chi connectivity index (χ0) is 22.4. The average Bonchev–Trinajstić information content (AvgIpc) is 2.75. The maximum atomic E-state index is 12.8. The first-order chi connectivity index (χ1) is 14.9. The third-order valence-corrected chi connectivity index (χ3v) is 5.43. The minimum atomic E-state index is -0.515. The molecule has 160 valence electrons. The molecule has 0 saturated carbocycles. The van der Waals surface area contributed by atoms with Gasteiger partial charge in [-0.2, -0.15) is 0 Å². The predicted octanol–water partition coefficient (Wildman–Crippen LogP) is 4.14. The first-order valence-corrected chi connectivity index (χ1v) is 10.8. The smallest absolute Gasteiger partial charge is 0.340 e. The fourth-order valence-corrected chi connectivity index (χ4v) is 3.84. The van der Waals surface area contributed by atoms with Crippen LogP contribution in [0.25, 0.3) is 10.9 Å². The average molecular weight is 458 g/mol. The summed E-state index contributed by atoms with van der Waals surface area (Å²) in [6.07, 6.45) is 1.59. The van der Waals surface area contributed by atoms with Crippen LogP contribution in [0.4, 0.5) is 5.69 Å². The number of thioether (sulfide) groups is 1. The molecule has 7 nitrogen and oxygen atoms in total. The lowest BCUT2D eigenvalue weighted by Gasteiger charge is -2.12. The number of halogens is 1. The Morgan fingerprint density at radius 2 is 2.06 bits per heavy atom. The Morgan fingerprint density at radius 1 is 1.29 bits per heavy atom. The topological polar surface area (TPSA) is 90.3 Å². The van der Waals surface area contributed by atoms with E-state index in [1.807, 2.05) is 0 Å². The van der Waals surface area contributed by atoms with Crippen molar-refractivity contribution in [2.24, 2.45) is 0 Å². The van der Waals surface area contributed by atoms with Gasteiger partial charge in [0.25, 0.3) is 5.56 Å². The number of hydrogen-bond donors (Lipinski definition) is 1. The quantitative estimate of drug-likeness (QED) is 0.236. The molecule has 0 unspecified atom stereocenters. The summed E-state index contributed by atoms with van der Waals surface area (Å²) in [5.41, 5.74) is 0.837. The maximum Gasteiger partial charge on any atom is 0.340 e. The molecule has 2 aromatic carbocycles. The van der Waals surface area contributed by atoms with E-state index in [1.165, 1.54) is 4.57 Å². The third kappa shape index (κ3) is 5.34. The van der Waals surface area contributed by atoms with E-state index in [4.69, 9.17) is 16.3 Å². The van der Waals surface area contributed by atoms with E-state index in [0.717, 1.165) is 11.8 Å². The van der Waals surface area contributed by atoms with Crippen LogP contribution in [0.5, 0.6) is 0 Å². The summed E-state index contributed by atoms with van der Waals surface area (Å²) in [6, 6.07) is 11.5. The van der Waals surface area contributed by atoms with E-state index in [-0.39, 0.29) is 35.9 Å². The van der Waals surface area contributed by atoms with Gasteiger partial charge in [-0.1, -0.05) is 41.6 Å². The summed E-state index contributed by atoms with van der Waals surface area (Å²) >= 11 is 7.14. The fourth-order valence-electron chi connectivity index (χ4n) is 2.87. The molecule has 9 heteroatoms. The van der Waals surface area contributed by atoms with Crippen molar-refractivity contribution >= 4 is 51.8 Å². The first-order valence-electron chi connectivity index (χ1n) is 9.44. The zero-order valence-electron chi connectivity index (χ0n) is 16.8. The normalized spacial score (nSPS) is 10.6. The van der Waals surface area contributed by atoms with Crippen LogP contribution in [0.3, 0.4) is 0 Å². The molecule has 3 aromatic rings. The number of carbonyl (C=O) groups is 2. The van der Waals surface area contributed by atoms with E-state index < -0.39 is 5.97 Å². The molecule has 1 aromatic heterocycles. The number of amides is 1. The molecule has 0 aliphatic rings. The minimum Gasteiger partial charge on any atom is -0.462 e. The Hall–Kier alpha value is -3.10. The van der Waals surface area contributed by atoms with E-state index in [0.29, 0.717) is 26.8 Å². The number of fused-ring (bicyclic) bond motifs is 1. The maximum absolute atomic E-state index is 12.8. The van der Waals surface area contributed by atoms with Crippen LogP contribution in [0.1, 0.15) is 17.3 Å². The van der Waals surface area contributed by atoms with Crippen molar-refractivity contribution in [3.63, 3.8) is 0 Å². The summed E-state index contributed by atoms with van der Waals surface area (Å²) < 4.78 is 6.47. The van der Waals surface area contributed by atoms with Gasteiger partial charge in [0.2, 0.25) is 5.91 Å². The van der Waals surface area contributed by atoms with Crippen molar-refractivity contribution in [1.29, 1.82) is 0 Å². The number of nitrogens with one attached hydrogen (secondary N) is 1. The Kier molecular flexibility index (Phi) is 7.49. The van der Waals surface area contributed by atoms with Gasteiger partial charge in [0.1, 0.15) is 0 Å². The largest absolute Gasteiger partial charge is 0.462 e. The highest BCUT2D eigenvalue weighted by Gasteiger charge is 2.16. The lowest BCUT2D eigenvalue weighted by Crippen LogP contribution is -2.24. The van der Waals surface area contributed by atoms with Crippen molar-refractivity contribution in [3.05, 3.63) is 76.1 Å². The molecule has 0 aliphatic carbocycles. The van der Waals surface area contributed by atoms with Gasteiger partial charge >= 0.3 is 5.97 Å². The predicted molar refractivity (Wildman–Crippen MR) is 123 cm³/mol. The number of allylic oxidation sites excluding steroid dienone is 1. The number of anilines is 1. The summed E-state index contributed by atoms with van der Waals surface area (Å²) in [4.78, 5) is 42.0. The third-order valence-electron chi connectivity index (χ3n) is 4.22. The molecule has 0 aliphatic heterocycles. The van der Waals surface area contributed by atoms with Gasteiger partial charge in [0, 0.05) is 11.6 Å². The van der Waals surface area contributed by atoms with Gasteiger partial charge in [0.05, 0.1) is 34.5 Å². The monoisotopic (exact) mass is 457 g/mol. The second kappa shape index (κ2) is 10.3. The number of nitrogens with zero attached hydrogens (tertiary/aromatic N) is 2. The Bertz CT molecular complexity index is 1210. The van der Waals surface area contributed by atoms with Gasteiger partial charge in [0.15, 0.2) is 5.16 Å². The molecular weight excluding hydrogens is 438 g/mol. The molecule has 1 amide bonds. The van der Waals surface area contributed by atoms with E-state index in [9.17, 15) is 14.4 Å². The van der Waals surface area contributed by atoms with Gasteiger partial charge < -0.3 is 10.1 Å². The van der Waals surface area contributed by atoms with Crippen LogP contribution >= 0.6 is 23.4 Å². The molecule has 0 spiro atoms. The highest BCUT2D eigenvalue weighted by Crippen LogP contribution is 2.22. The highest BCUT2D eigenvalue weighted by atomic mass is 35.5. The number of aromatic nitrogens is 2. The molecule has 0 bridgehead atoms. The van der Waals surface area contributed by atoms with Crippen LogP contribution in [-0.4, -0.2) is 33.8 Å². The highest BCUT2D eigenvalue weighted by molar-refractivity contribution is 7.99. The van der Waals surface area contributed by atoms with Gasteiger partial charge in [-0.3, -0.25) is 14.2 Å². The van der Waals surface area contributed by atoms with E-state index >= 15 is 0 Å². The molecular formula is C22H20ClN3O4S. The molecule has 0 saturated heterocycles. The fraction of sp³-hybridized carbons (Fsp3) is 0.182. The number of benzene rings is 2. The van der Waals surface area contributed by atoms with E-state index in [2.05, 4.69) is 16.9 Å². The number of hydrogen-bond acceptors (Lipinski definition) is 6. The van der Waals surface area contributed by atoms with Crippen molar-refractivity contribution in [1.82, 2.24) is 9.55 Å². The number of esters is 1. The van der Waals surface area contributed by atoms with Crippen LogP contribution < -0.4 is 10.9 Å². The molecule has 3 rings (SSSR count). The Labute approximate surface area is 188 Å². The first kappa shape index (κ1) is 22.6. The SMILES string of the molecule is C=CCn1c(SCC(=O)Nc2ccccc2C(=O)OCC)nc2cc(Cl)ccc2c1=O. The van der Waals surface area contributed by atoms with Crippen LogP contribution in [0, 0.1) is 0 Å². The summed E-state index contributed by atoms with van der Waals surface area (Å²) in [5, 5.41) is 3.98. The minimum absolute atomic E-state index is 0.0210. The standard InChI is InChI=1S/C22H20ClN3O4S/c1-3-11-26-20(28)15-10-9-14(23)12-18(15)25-22(26)31-13-19(27)24-17-8-6-5-7-16(17)21(29)30-4-2/h3,5-10,12H,1,4,11,13H2,2H3,(H,24,27). The molecule has 0 atom stereocenters. The van der Waals surface area contributed by atoms with Crippen LogP contribution in [-0.2, 0) is 16.1 Å². The van der Waals surface area contributed by atoms with Crippen LogP contribution in [0.2, 0.25) is 5.02 Å². The van der Waals surface area contributed by atoms with Gasteiger partial charge in [-0.15, -0.1) is 6.58 Å². The van der Waals surface area contributed by atoms with Crippen LogP contribution in [0.15, 0.2) is 65.1 Å². The second-order valence-corrected chi connectivity index (χ2v) is 7.74. The second-order valence-electron chi connectivity index (χ2n) is 6.36. The molecule has 1 heterocycles. The lowest BCUT2D eigenvalue weighted by molar-refractivity contribution is -0.113. The Balaban J connectivity index is 1.82. The number of rotatable bonds is 8. The molecule has 31 heavy (non-hydrogen) atoms.